The molecule has 8 aliphatic carbocycles. The summed E-state index contributed by atoms with van der Waals surface area (Å²) in [6, 6.07) is 0. The number of carbonyl (C=O) groups is 4. The van der Waals surface area contributed by atoms with Crippen LogP contribution in [0.1, 0.15) is 235 Å². The Hall–Kier alpha value is -2.76. The summed E-state index contributed by atoms with van der Waals surface area (Å²) in [5.41, 5.74) is -6.34. The largest absolute Gasteiger partial charge is 0.390 e. The fraction of sp³-hybridized carbons (Fsp3) is 0.941. The molecule has 12 N–H and O–H groups in total. The second-order valence-corrected chi connectivity index (χ2v) is 31.3. The Morgan fingerprint density at radius 1 is 0.304 bits per heavy atom. The van der Waals surface area contributed by atoms with E-state index in [1.807, 2.05) is 55.4 Å². The van der Waals surface area contributed by atoms with Crippen molar-refractivity contribution in [2.24, 2.45) is 23.7 Å². The lowest BCUT2D eigenvalue weighted by Gasteiger charge is -2.38. The van der Waals surface area contributed by atoms with Crippen molar-refractivity contribution >= 4 is 23.6 Å². The second kappa shape index (κ2) is 30.2. The van der Waals surface area contributed by atoms with Crippen molar-refractivity contribution in [2.75, 3.05) is 26.2 Å². The maximum atomic E-state index is 12.4. The molecule has 12 rings (SSSR count). The first kappa shape index (κ1) is 73.5. The summed E-state index contributed by atoms with van der Waals surface area (Å²) < 4.78 is 48.7. The molecule has 4 saturated heterocycles. The predicted octanol–water partition coefficient (Wildman–Crippen LogP) is 4.36. The summed E-state index contributed by atoms with van der Waals surface area (Å²) in [6.07, 6.45) is 13.4. The Labute approximate surface area is 544 Å². The first-order valence-electron chi connectivity index (χ1n) is 35.5. The number of hydrogen-bond donors (Lipinski definition) is 12. The van der Waals surface area contributed by atoms with Crippen molar-refractivity contribution in [1.82, 2.24) is 21.3 Å². The monoisotopic (exact) mass is 1310 g/mol. The van der Waals surface area contributed by atoms with Crippen molar-refractivity contribution in [3.05, 3.63) is 0 Å². The van der Waals surface area contributed by atoms with E-state index in [9.17, 15) is 60.0 Å². The molecule has 24 heteroatoms. The summed E-state index contributed by atoms with van der Waals surface area (Å²) >= 11 is 0. The highest BCUT2D eigenvalue weighted by molar-refractivity contribution is 5.86. The molecule has 4 spiro atoms. The minimum Gasteiger partial charge on any atom is -0.390 e. The van der Waals surface area contributed by atoms with E-state index < -0.39 is 142 Å². The molecular weight excluding hydrogens is 1190 g/mol. The van der Waals surface area contributed by atoms with Crippen molar-refractivity contribution < 1.29 is 97.9 Å². The molecule has 24 nitrogen and oxygen atoms in total. The van der Waals surface area contributed by atoms with Gasteiger partial charge in [0.15, 0.2) is 23.1 Å². The summed E-state index contributed by atoms with van der Waals surface area (Å²) in [5.74, 6) is -2.92. The fourth-order valence-corrected chi connectivity index (χ4v) is 16.1. The number of nitrogens with one attached hydrogen (secondary N) is 4. The first-order valence-corrected chi connectivity index (χ1v) is 35.5. The molecule has 8 saturated carbocycles. The van der Waals surface area contributed by atoms with E-state index in [4.69, 9.17) is 37.9 Å². The van der Waals surface area contributed by atoms with Gasteiger partial charge in [-0.3, -0.25) is 19.2 Å². The molecule has 92 heavy (non-hydrogen) atoms. The summed E-state index contributed by atoms with van der Waals surface area (Å²) in [5, 5.41) is 95.7. The van der Waals surface area contributed by atoms with Crippen LogP contribution < -0.4 is 21.3 Å². The van der Waals surface area contributed by atoms with Gasteiger partial charge in [-0.2, -0.15) is 0 Å². The van der Waals surface area contributed by atoms with Crippen LogP contribution in [-0.4, -0.2) is 209 Å². The molecule has 4 amide bonds. The maximum absolute atomic E-state index is 12.4. The highest BCUT2D eigenvalue weighted by Crippen LogP contribution is 2.51. The number of aliphatic hydroxyl groups excluding tert-OH is 4. The zero-order valence-corrected chi connectivity index (χ0v) is 56.3. The van der Waals surface area contributed by atoms with Gasteiger partial charge < -0.3 is 100 Å². The van der Waals surface area contributed by atoms with Crippen molar-refractivity contribution in [3.63, 3.8) is 0 Å². The Kier molecular flexibility index (Phi) is 24.1. The Bertz CT molecular complexity index is 2120. The number of fused-ring (bicyclic) bond motifs is 4. The van der Waals surface area contributed by atoms with Gasteiger partial charge in [-0.15, -0.1) is 0 Å². The van der Waals surface area contributed by atoms with Crippen LogP contribution in [0.2, 0.25) is 0 Å². The lowest BCUT2D eigenvalue weighted by molar-refractivity contribution is -0.199. The van der Waals surface area contributed by atoms with Gasteiger partial charge in [-0.05, 0) is 75.0 Å². The van der Waals surface area contributed by atoms with Crippen LogP contribution in [0, 0.1) is 23.7 Å². The minimum atomic E-state index is -1.58. The molecule has 0 unspecified atom stereocenters. The molecule has 12 fully saturated rings. The molecule has 12 aliphatic rings. The molecule has 0 radical (unpaired) electrons. The Morgan fingerprint density at radius 2 is 0.478 bits per heavy atom. The molecule has 0 aromatic rings. The quantitative estimate of drug-likeness (QED) is 0.129. The van der Waals surface area contributed by atoms with E-state index in [1.165, 1.54) is 25.7 Å². The van der Waals surface area contributed by atoms with Crippen molar-refractivity contribution in [1.29, 1.82) is 0 Å². The molecule has 0 aromatic heterocycles. The lowest BCUT2D eigenvalue weighted by atomic mass is 9.79. The minimum absolute atomic E-state index is 0.00245. The average Bonchev–Trinajstić information content (AvgIpc) is 1.63. The number of amides is 4. The SMILES string of the molecule is CC(C)CNC(=O)[C@@]1(O)C[C@@H](O)[C@@H]2OC3(CCCCC3)O[C@@H]2C1.CC(C)CNC(=O)[C@@]1(O)C[C@@H](O)[C@@H]2OC3(CCCCC3)O[C@@H]2C1.CC(C)CNC(=O)[C@@]1(O)C[C@@H](O)[C@@H]2OC3(CCCCC3)O[C@@H]2C1.CC(C)CNC(=O)[C@@]1(O)C[C@@H](O)[C@@H]2OC3(CCCCC3)O[C@@H]2C1. The van der Waals surface area contributed by atoms with E-state index in [1.54, 1.807) is 0 Å². The van der Waals surface area contributed by atoms with Gasteiger partial charge in [-0.1, -0.05) is 81.1 Å². The van der Waals surface area contributed by atoms with Gasteiger partial charge in [0.25, 0.3) is 23.6 Å². The van der Waals surface area contributed by atoms with Crippen LogP contribution in [0.4, 0.5) is 0 Å². The number of aliphatic hydroxyl groups is 8. The third-order valence-corrected chi connectivity index (χ3v) is 21.0. The summed E-state index contributed by atoms with van der Waals surface area (Å²) in [6.45, 7) is 18.0. The molecule has 16 atom stereocenters. The molecule has 528 valence electrons. The van der Waals surface area contributed by atoms with Gasteiger partial charge in [-0.25, -0.2) is 0 Å². The molecule has 0 aromatic carbocycles. The zero-order valence-electron chi connectivity index (χ0n) is 56.3. The summed E-state index contributed by atoms with van der Waals surface area (Å²) in [7, 11) is 0. The van der Waals surface area contributed by atoms with Crippen LogP contribution >= 0.6 is 0 Å². The smallest absolute Gasteiger partial charge is 0.252 e. The van der Waals surface area contributed by atoms with Gasteiger partial charge in [0.1, 0.15) is 46.8 Å². The number of rotatable bonds is 12. The van der Waals surface area contributed by atoms with Crippen LogP contribution in [-0.2, 0) is 57.1 Å². The lowest BCUT2D eigenvalue weighted by Crippen LogP contribution is -2.58. The predicted molar refractivity (Wildman–Crippen MR) is 334 cm³/mol. The van der Waals surface area contributed by atoms with Crippen LogP contribution in [0.3, 0.4) is 0 Å². The van der Waals surface area contributed by atoms with E-state index in [0.717, 1.165) is 103 Å². The molecule has 0 bridgehead atoms. The van der Waals surface area contributed by atoms with Crippen molar-refractivity contribution in [2.45, 2.75) is 354 Å². The average molecular weight is 1310 g/mol. The number of ether oxygens (including phenoxy) is 8. The molecule has 4 heterocycles. The number of carbonyl (C=O) groups excluding carboxylic acids is 4. The molecule has 4 aliphatic heterocycles. The van der Waals surface area contributed by atoms with E-state index >= 15 is 0 Å². The Morgan fingerprint density at radius 3 is 0.641 bits per heavy atom. The normalized spacial score (nSPS) is 39.4. The van der Waals surface area contributed by atoms with E-state index in [2.05, 4.69) is 21.3 Å². The maximum Gasteiger partial charge on any atom is 0.252 e. The third kappa shape index (κ3) is 17.4. The van der Waals surface area contributed by atoms with Gasteiger partial charge in [0, 0.05) is 129 Å². The van der Waals surface area contributed by atoms with Crippen LogP contribution in [0.25, 0.3) is 0 Å². The highest BCUT2D eigenvalue weighted by Gasteiger charge is 2.63. The van der Waals surface area contributed by atoms with Crippen LogP contribution in [0.5, 0.6) is 0 Å². The topological polar surface area (TPSA) is 352 Å². The van der Waals surface area contributed by atoms with Gasteiger partial charge in [0.05, 0.1) is 48.8 Å². The van der Waals surface area contributed by atoms with Gasteiger partial charge >= 0.3 is 0 Å². The number of hydrogen-bond acceptors (Lipinski definition) is 20. The first-order chi connectivity index (χ1) is 43.3. The van der Waals surface area contributed by atoms with Crippen LogP contribution in [0.15, 0.2) is 0 Å². The molecular formula is C68H116N4O20. The third-order valence-electron chi connectivity index (χ3n) is 21.0. The standard InChI is InChI=1S/4C17H29NO5/c4*1-11(2)10-18-15(20)16(21)8-12(19)14-13(9-16)22-17(23-14)6-4-3-5-7-17/h4*11-14,19,21H,3-10H2,1-2H3,(H,18,20)/t4*12-,13-,14+,16-/m1111/s1. The van der Waals surface area contributed by atoms with E-state index in [-0.39, 0.29) is 51.4 Å². The Balaban J connectivity index is 0.000000145. The van der Waals surface area contributed by atoms with Crippen molar-refractivity contribution in [3.8, 4) is 0 Å². The van der Waals surface area contributed by atoms with Gasteiger partial charge in [0.2, 0.25) is 0 Å². The second-order valence-electron chi connectivity index (χ2n) is 31.3. The zero-order chi connectivity index (χ0) is 66.7. The fourth-order valence-electron chi connectivity index (χ4n) is 16.1. The highest BCUT2D eigenvalue weighted by atomic mass is 16.8. The summed E-state index contributed by atoms with van der Waals surface area (Å²) in [4.78, 5) is 49.4. The van der Waals surface area contributed by atoms with E-state index in [0.29, 0.717) is 49.9 Å².